The molecule has 0 aliphatic carbocycles. The second kappa shape index (κ2) is 6.12. The molecule has 2 heterocycles. The summed E-state index contributed by atoms with van der Waals surface area (Å²) in [5, 5.41) is 6.36. The Bertz CT molecular complexity index is 316. The fraction of sp³-hybridized carbons (Fsp3) is 0.800. The highest BCUT2D eigenvalue weighted by Crippen LogP contribution is 2.33. The van der Waals surface area contributed by atoms with Crippen LogP contribution in [0.3, 0.4) is 0 Å². The summed E-state index contributed by atoms with van der Waals surface area (Å²) < 4.78 is 4.56. The van der Waals surface area contributed by atoms with Crippen LogP contribution in [-0.2, 0) is 7.86 Å². The van der Waals surface area contributed by atoms with Crippen molar-refractivity contribution in [1.82, 2.24) is 10.6 Å². The molecule has 3 atom stereocenters. The van der Waals surface area contributed by atoms with Crippen LogP contribution in [0.25, 0.3) is 0 Å². The predicted molar refractivity (Wildman–Crippen MR) is 74.1 cm³/mol. The summed E-state index contributed by atoms with van der Waals surface area (Å²) in [5.74, 6) is 0.836. The summed E-state index contributed by atoms with van der Waals surface area (Å²) in [5.41, 5.74) is 0. The van der Waals surface area contributed by atoms with Crippen LogP contribution in [0.1, 0.15) is 25.7 Å². The molecule has 0 unspecified atom stereocenters. The molecule has 7 heteroatoms. The topological polar surface area (TPSA) is 67.4 Å². The van der Waals surface area contributed by atoms with Crippen LogP contribution in [0.5, 0.6) is 0 Å². The Hall–Kier alpha value is -0.180. The Morgan fingerprint density at radius 3 is 3.06 bits per heavy atom. The van der Waals surface area contributed by atoms with Gasteiger partial charge >= 0.3 is 12.0 Å². The number of carbonyl (C=O) groups is 2. The van der Waals surface area contributed by atoms with Gasteiger partial charge in [0.1, 0.15) is 0 Å². The number of carbonyl (C=O) groups excluding carboxylic acids is 2. The van der Waals surface area contributed by atoms with Gasteiger partial charge in [-0.15, -0.1) is 0 Å². The fourth-order valence-electron chi connectivity index (χ4n) is 2.30. The summed E-state index contributed by atoms with van der Waals surface area (Å²) in [6, 6.07) is 0.514. The van der Waals surface area contributed by atoms with E-state index in [9.17, 15) is 9.59 Å². The Balaban J connectivity index is 1.66. The van der Waals surface area contributed by atoms with E-state index in [0.29, 0.717) is 11.7 Å². The highest BCUT2D eigenvalue weighted by atomic mass is 127. The number of thioether (sulfide) groups is 1. The molecule has 2 fully saturated rings. The Morgan fingerprint density at radius 2 is 2.29 bits per heavy atom. The number of rotatable bonds is 5. The first-order valence-electron chi connectivity index (χ1n) is 5.71. The maximum absolute atomic E-state index is 11.2. The highest BCUT2D eigenvalue weighted by Gasteiger charge is 2.42. The van der Waals surface area contributed by atoms with Gasteiger partial charge in [-0.25, -0.2) is 4.79 Å². The van der Waals surface area contributed by atoms with E-state index >= 15 is 0 Å². The predicted octanol–water partition coefficient (Wildman–Crippen LogP) is 1.61. The third kappa shape index (κ3) is 3.40. The van der Waals surface area contributed by atoms with Crippen molar-refractivity contribution in [2.75, 3.05) is 5.75 Å². The van der Waals surface area contributed by atoms with E-state index in [1.807, 2.05) is 11.8 Å². The van der Waals surface area contributed by atoms with E-state index in [1.165, 1.54) is 0 Å². The smallest absolute Gasteiger partial charge is 0.315 e. The number of amides is 2. The van der Waals surface area contributed by atoms with Crippen LogP contribution in [0, 0.1) is 0 Å². The van der Waals surface area contributed by atoms with Crippen molar-refractivity contribution in [3.05, 3.63) is 0 Å². The zero-order valence-corrected chi connectivity index (χ0v) is 12.3. The molecule has 0 spiro atoms. The molecular weight excluding hydrogens is 355 g/mol. The number of nitrogens with one attached hydrogen (secondary N) is 2. The third-order valence-corrected chi connectivity index (χ3v) is 5.14. The van der Waals surface area contributed by atoms with Crippen LogP contribution in [-0.4, -0.2) is 35.1 Å². The Morgan fingerprint density at radius 1 is 1.47 bits per heavy atom. The highest BCUT2D eigenvalue weighted by molar-refractivity contribution is 14.1. The number of urea groups is 1. The summed E-state index contributed by atoms with van der Waals surface area (Å²) in [6.45, 7) is 0. The minimum Gasteiger partial charge on any atom is -0.394 e. The van der Waals surface area contributed by atoms with Gasteiger partial charge in [-0.2, -0.15) is 11.8 Å². The van der Waals surface area contributed by atoms with Crippen LogP contribution >= 0.6 is 34.8 Å². The molecule has 96 valence electrons. The van der Waals surface area contributed by atoms with Gasteiger partial charge in [0.05, 0.1) is 12.1 Å². The molecule has 0 aromatic rings. The zero-order chi connectivity index (χ0) is 12.3. The van der Waals surface area contributed by atoms with Crippen molar-refractivity contribution in [2.24, 2.45) is 0 Å². The number of hydrogen-bond donors (Lipinski definition) is 2. The van der Waals surface area contributed by atoms with Crippen molar-refractivity contribution >= 4 is 46.8 Å². The van der Waals surface area contributed by atoms with E-state index in [1.54, 1.807) is 23.0 Å². The molecule has 2 aliphatic rings. The van der Waals surface area contributed by atoms with Crippen LogP contribution < -0.4 is 10.6 Å². The monoisotopic (exact) mass is 370 g/mol. The van der Waals surface area contributed by atoms with Crippen molar-refractivity contribution in [3.63, 3.8) is 0 Å². The van der Waals surface area contributed by atoms with Gasteiger partial charge in [0.25, 0.3) is 0 Å². The van der Waals surface area contributed by atoms with Gasteiger partial charge in [0.15, 0.2) is 23.0 Å². The van der Waals surface area contributed by atoms with Gasteiger partial charge in [0, 0.05) is 17.4 Å². The molecule has 17 heavy (non-hydrogen) atoms. The quantitative estimate of drug-likeness (QED) is 0.438. The average molecular weight is 370 g/mol. The molecule has 2 amide bonds. The zero-order valence-electron chi connectivity index (χ0n) is 9.28. The molecule has 0 bridgehead atoms. The summed E-state index contributed by atoms with van der Waals surface area (Å²) in [4.78, 5) is 22.1. The van der Waals surface area contributed by atoms with Gasteiger partial charge in [0.2, 0.25) is 0 Å². The average Bonchev–Trinajstić information content (AvgIpc) is 2.84. The number of unbranched alkanes of at least 4 members (excludes halogenated alkanes) is 1. The second-order valence-corrected chi connectivity index (χ2v) is 6.03. The van der Waals surface area contributed by atoms with Gasteiger partial charge in [-0.3, -0.25) is 4.79 Å². The second-order valence-electron chi connectivity index (χ2n) is 4.32. The van der Waals surface area contributed by atoms with E-state index < -0.39 is 0 Å². The number of halogens is 1. The van der Waals surface area contributed by atoms with E-state index in [0.717, 1.165) is 25.0 Å². The molecular formula is C10H15IN2O3S. The standard InChI is InChI=1S/C10H15IN2O3S/c11-16-8(14)4-2-1-3-7-9-6(5-17-7)12-10(15)13-9/h6-7,9H,1-5H2,(H2,12,13,15)/t6-,7-,9-/m1/s1. The summed E-state index contributed by atoms with van der Waals surface area (Å²) >= 11 is 3.52. The maximum atomic E-state index is 11.2. The Kier molecular flexibility index (Phi) is 4.78. The van der Waals surface area contributed by atoms with E-state index in [-0.39, 0.29) is 24.1 Å². The third-order valence-electron chi connectivity index (χ3n) is 3.14. The molecule has 0 saturated carbocycles. The largest absolute Gasteiger partial charge is 0.394 e. The van der Waals surface area contributed by atoms with Gasteiger partial charge in [-0.1, -0.05) is 6.42 Å². The molecule has 5 nitrogen and oxygen atoms in total. The molecule has 2 rings (SSSR count). The summed E-state index contributed by atoms with van der Waals surface area (Å²) in [6.07, 6.45) is 3.39. The maximum Gasteiger partial charge on any atom is 0.315 e. The molecule has 0 aromatic carbocycles. The molecule has 2 N–H and O–H groups in total. The molecule has 2 saturated heterocycles. The van der Waals surface area contributed by atoms with Crippen LogP contribution in [0.2, 0.25) is 0 Å². The molecule has 0 aromatic heterocycles. The Labute approximate surface area is 118 Å². The summed E-state index contributed by atoms with van der Waals surface area (Å²) in [7, 11) is 0. The van der Waals surface area contributed by atoms with Crippen molar-refractivity contribution in [3.8, 4) is 0 Å². The molecule has 0 radical (unpaired) electrons. The first-order valence-corrected chi connectivity index (χ1v) is 7.63. The van der Waals surface area contributed by atoms with Crippen LogP contribution in [0.15, 0.2) is 0 Å². The number of hydrogen-bond acceptors (Lipinski definition) is 4. The normalized spacial score (nSPS) is 30.6. The van der Waals surface area contributed by atoms with Crippen LogP contribution in [0.4, 0.5) is 4.79 Å². The lowest BCUT2D eigenvalue weighted by Crippen LogP contribution is -2.36. The lowest BCUT2D eigenvalue weighted by Gasteiger charge is -2.16. The van der Waals surface area contributed by atoms with E-state index in [4.69, 9.17) is 0 Å². The van der Waals surface area contributed by atoms with Gasteiger partial charge in [-0.05, 0) is 12.8 Å². The van der Waals surface area contributed by atoms with Crippen molar-refractivity contribution < 1.29 is 12.7 Å². The van der Waals surface area contributed by atoms with Gasteiger partial charge < -0.3 is 13.7 Å². The van der Waals surface area contributed by atoms with E-state index in [2.05, 4.69) is 13.7 Å². The lowest BCUT2D eigenvalue weighted by molar-refractivity contribution is -0.131. The SMILES string of the molecule is O=C1N[C@@H]2[C@@H](CS[C@@H]2CCCCC(=O)OI)N1. The first kappa shape index (κ1) is 13.3. The van der Waals surface area contributed by atoms with Crippen molar-refractivity contribution in [1.29, 1.82) is 0 Å². The fourth-order valence-corrected chi connectivity index (χ4v) is 4.06. The minimum absolute atomic E-state index is 0.0428. The lowest BCUT2D eigenvalue weighted by atomic mass is 10.0. The molecule has 2 aliphatic heterocycles. The van der Waals surface area contributed by atoms with Crippen molar-refractivity contribution in [2.45, 2.75) is 43.0 Å². The first-order chi connectivity index (χ1) is 8.20. The minimum atomic E-state index is -0.154. The number of fused-ring (bicyclic) bond motifs is 1.